The Labute approximate surface area is 247 Å². The fraction of sp³-hybridized carbons (Fsp3) is 0.500. The van der Waals surface area contributed by atoms with Crippen LogP contribution in [-0.2, 0) is 26.3 Å². The topological polar surface area (TPSA) is 114 Å². The van der Waals surface area contributed by atoms with Gasteiger partial charge in [-0.3, -0.25) is 14.5 Å². The molecule has 0 saturated heterocycles. The minimum Gasteiger partial charge on any atom is -0.453 e. The van der Waals surface area contributed by atoms with Crippen molar-refractivity contribution in [3.05, 3.63) is 70.7 Å². The van der Waals surface area contributed by atoms with Gasteiger partial charge in [-0.2, -0.15) is 0 Å². The second-order valence-corrected chi connectivity index (χ2v) is 12.1. The molecule has 0 aromatic heterocycles. The third-order valence-corrected chi connectivity index (χ3v) is 8.27. The molecule has 9 heteroatoms. The number of carbonyl (C=O) groups excluding carboxylic acids is 3. The Balaban J connectivity index is 1.41. The molecule has 41 heavy (non-hydrogen) atoms. The maximum absolute atomic E-state index is 13.8. The van der Waals surface area contributed by atoms with Gasteiger partial charge in [0.05, 0.1) is 13.2 Å². The molecule has 0 radical (unpaired) electrons. The summed E-state index contributed by atoms with van der Waals surface area (Å²) >= 11 is 6.14. The molecule has 1 fully saturated rings. The van der Waals surface area contributed by atoms with Gasteiger partial charge in [-0.1, -0.05) is 67.9 Å². The van der Waals surface area contributed by atoms with Crippen molar-refractivity contribution in [2.45, 2.75) is 70.4 Å². The van der Waals surface area contributed by atoms with Crippen LogP contribution < -0.4 is 11.1 Å². The molecule has 1 saturated carbocycles. The highest BCUT2D eigenvalue weighted by atomic mass is 35.5. The van der Waals surface area contributed by atoms with Gasteiger partial charge in [-0.25, -0.2) is 9.79 Å². The van der Waals surface area contributed by atoms with Crippen molar-refractivity contribution in [3.8, 4) is 0 Å². The zero-order valence-electron chi connectivity index (χ0n) is 24.1. The largest absolute Gasteiger partial charge is 0.453 e. The molecular formula is C32H41ClN4O4. The van der Waals surface area contributed by atoms with Crippen molar-refractivity contribution in [1.82, 2.24) is 10.2 Å². The Kier molecular flexibility index (Phi) is 10.1. The first-order valence-corrected chi connectivity index (χ1v) is 14.8. The van der Waals surface area contributed by atoms with E-state index in [4.69, 9.17) is 27.1 Å². The Morgan fingerprint density at radius 1 is 1.17 bits per heavy atom. The zero-order valence-corrected chi connectivity index (χ0v) is 24.9. The fourth-order valence-electron chi connectivity index (χ4n) is 5.92. The van der Waals surface area contributed by atoms with E-state index in [2.05, 4.69) is 19.2 Å². The third-order valence-electron chi connectivity index (χ3n) is 8.04. The summed E-state index contributed by atoms with van der Waals surface area (Å²) in [6, 6.07) is 16.2. The summed E-state index contributed by atoms with van der Waals surface area (Å²) in [6.07, 6.45) is 4.26. The molecule has 3 atom stereocenters. The van der Waals surface area contributed by atoms with Crippen LogP contribution >= 0.6 is 11.6 Å². The number of Topliss-reactive ketones (excluding diaryl/α,β-unsaturated/α-hetero) is 1. The summed E-state index contributed by atoms with van der Waals surface area (Å²) in [7, 11) is 1.28. The highest BCUT2D eigenvalue weighted by Gasteiger charge is 2.49. The van der Waals surface area contributed by atoms with Crippen molar-refractivity contribution in [1.29, 1.82) is 0 Å². The van der Waals surface area contributed by atoms with Crippen LogP contribution in [0.15, 0.2) is 59.6 Å². The third kappa shape index (κ3) is 7.67. The van der Waals surface area contributed by atoms with Crippen LogP contribution in [0.25, 0.3) is 0 Å². The fourth-order valence-corrected chi connectivity index (χ4v) is 6.13. The Morgan fingerprint density at radius 2 is 1.90 bits per heavy atom. The molecule has 2 amide bonds. The zero-order chi connectivity index (χ0) is 29.6. The van der Waals surface area contributed by atoms with E-state index in [1.54, 1.807) is 17.0 Å². The van der Waals surface area contributed by atoms with Crippen molar-refractivity contribution < 1.29 is 19.1 Å². The molecule has 2 aliphatic rings. The number of ketones is 1. The highest BCUT2D eigenvalue weighted by molar-refractivity contribution is 6.30. The van der Waals surface area contributed by atoms with Crippen LogP contribution in [0.4, 0.5) is 4.79 Å². The molecule has 2 aromatic carbocycles. The molecule has 0 spiro atoms. The van der Waals surface area contributed by atoms with Crippen LogP contribution in [-0.4, -0.2) is 48.3 Å². The van der Waals surface area contributed by atoms with E-state index in [-0.39, 0.29) is 29.5 Å². The maximum atomic E-state index is 13.8. The summed E-state index contributed by atoms with van der Waals surface area (Å²) in [5.41, 5.74) is 7.07. The molecule has 3 N–H and O–H groups in total. The first-order chi connectivity index (χ1) is 19.6. The monoisotopic (exact) mass is 580 g/mol. The van der Waals surface area contributed by atoms with E-state index >= 15 is 0 Å². The number of alkyl carbamates (subject to hydrolysis) is 1. The average molecular weight is 581 g/mol. The standard InChI is InChI=1S/C32H41ClN4O4/c1-21(2)20-32(25-11-5-4-6-12-25)29(39)37(30(34)36-32)16-8-10-24(23-14-15-23)19-28(38)27(35-31(40)41-3)18-22-9-7-13-26(33)17-22/h4-7,9,11-13,17,21,23-24,27H,8,10,14-16,18-20H2,1-3H3,(H2,34,36)(H,35,40)/t24-,27-,32+/m0/s1. The number of ether oxygens (including phenoxy) is 1. The molecule has 1 aliphatic heterocycles. The number of halogens is 1. The number of nitrogens with zero attached hydrogens (tertiary/aromatic N) is 2. The van der Waals surface area contributed by atoms with Gasteiger partial charge in [0, 0.05) is 18.0 Å². The SMILES string of the molecule is COC(=O)N[C@@H](Cc1cccc(Cl)c1)C(=O)C[C@H](CCCN1C(=O)[C@@](CC(C)C)(c2ccccc2)N=C1N)C1CC1. The smallest absolute Gasteiger partial charge is 0.407 e. The van der Waals surface area contributed by atoms with Gasteiger partial charge in [0.25, 0.3) is 5.91 Å². The predicted molar refractivity (Wildman–Crippen MR) is 160 cm³/mol. The maximum Gasteiger partial charge on any atom is 0.407 e. The number of nitrogens with one attached hydrogen (secondary N) is 1. The molecule has 0 unspecified atom stereocenters. The van der Waals surface area contributed by atoms with Crippen molar-refractivity contribution in [3.63, 3.8) is 0 Å². The van der Waals surface area contributed by atoms with E-state index < -0.39 is 17.7 Å². The highest BCUT2D eigenvalue weighted by Crippen LogP contribution is 2.42. The number of guanidine groups is 1. The number of hydrogen-bond donors (Lipinski definition) is 2. The molecule has 1 heterocycles. The molecule has 8 nitrogen and oxygen atoms in total. The number of methoxy groups -OCH3 is 1. The lowest BCUT2D eigenvalue weighted by atomic mass is 9.82. The molecular weight excluding hydrogens is 540 g/mol. The van der Waals surface area contributed by atoms with E-state index in [0.717, 1.165) is 30.4 Å². The van der Waals surface area contributed by atoms with Crippen molar-refractivity contribution in [2.24, 2.45) is 28.5 Å². The number of aliphatic imine (C=N–C) groups is 1. The molecule has 0 bridgehead atoms. The average Bonchev–Trinajstić information content (AvgIpc) is 3.76. The lowest BCUT2D eigenvalue weighted by Gasteiger charge is -2.28. The summed E-state index contributed by atoms with van der Waals surface area (Å²) < 4.78 is 4.78. The van der Waals surface area contributed by atoms with Gasteiger partial charge in [-0.05, 0) is 79.5 Å². The molecule has 1 aliphatic carbocycles. The van der Waals surface area contributed by atoms with E-state index in [9.17, 15) is 14.4 Å². The van der Waals surface area contributed by atoms with Crippen LogP contribution in [0, 0.1) is 17.8 Å². The number of benzene rings is 2. The normalized spacial score (nSPS) is 20.1. The van der Waals surface area contributed by atoms with Crippen LogP contribution in [0.5, 0.6) is 0 Å². The first kappa shape index (κ1) is 30.6. The predicted octanol–water partition coefficient (Wildman–Crippen LogP) is 5.47. The summed E-state index contributed by atoms with van der Waals surface area (Å²) in [6.45, 7) is 4.61. The van der Waals surface area contributed by atoms with Crippen LogP contribution in [0.2, 0.25) is 5.02 Å². The van der Waals surface area contributed by atoms with Gasteiger partial charge in [-0.15, -0.1) is 0 Å². The van der Waals surface area contributed by atoms with Gasteiger partial charge in [0.2, 0.25) is 0 Å². The second-order valence-electron chi connectivity index (χ2n) is 11.7. The van der Waals surface area contributed by atoms with Gasteiger partial charge < -0.3 is 15.8 Å². The Morgan fingerprint density at radius 3 is 2.54 bits per heavy atom. The second kappa shape index (κ2) is 13.5. The number of rotatable bonds is 14. The summed E-state index contributed by atoms with van der Waals surface area (Å²) in [5, 5.41) is 3.29. The van der Waals surface area contributed by atoms with Crippen molar-refractivity contribution >= 4 is 35.3 Å². The van der Waals surface area contributed by atoms with Crippen molar-refractivity contribution in [2.75, 3.05) is 13.7 Å². The minimum atomic E-state index is -1.00. The Bertz CT molecular complexity index is 1260. The van der Waals surface area contributed by atoms with Crippen LogP contribution in [0.3, 0.4) is 0 Å². The molecule has 4 rings (SSSR count). The number of carbonyl (C=O) groups is 3. The minimum absolute atomic E-state index is 0.0365. The van der Waals surface area contributed by atoms with E-state index in [0.29, 0.717) is 43.2 Å². The molecule has 220 valence electrons. The molecule has 2 aromatic rings. The number of amides is 2. The van der Waals surface area contributed by atoms with Gasteiger partial charge >= 0.3 is 6.09 Å². The number of nitrogens with two attached hydrogens (primary N) is 1. The number of hydrogen-bond acceptors (Lipinski definition) is 6. The van der Waals surface area contributed by atoms with E-state index in [1.165, 1.54) is 7.11 Å². The quantitative estimate of drug-likeness (QED) is 0.307. The van der Waals surface area contributed by atoms with E-state index in [1.807, 2.05) is 42.5 Å². The Hall–Kier alpha value is -3.39. The van der Waals surface area contributed by atoms with Gasteiger partial charge in [0.1, 0.15) is 0 Å². The lowest BCUT2D eigenvalue weighted by molar-refractivity contribution is -0.132. The van der Waals surface area contributed by atoms with Gasteiger partial charge in [0.15, 0.2) is 17.3 Å². The van der Waals surface area contributed by atoms with Crippen LogP contribution in [0.1, 0.15) is 63.5 Å². The first-order valence-electron chi connectivity index (χ1n) is 14.5. The lowest BCUT2D eigenvalue weighted by Crippen LogP contribution is -2.44. The summed E-state index contributed by atoms with van der Waals surface area (Å²) in [4.78, 5) is 45.7. The summed E-state index contributed by atoms with van der Waals surface area (Å²) in [5.74, 6) is 1.01.